The molecule has 5 nitrogen and oxygen atoms in total. The molecule has 16 heavy (non-hydrogen) atoms. The first-order valence-corrected chi connectivity index (χ1v) is 6.02. The first-order valence-electron chi connectivity index (χ1n) is 3.68. The maximum absolute atomic E-state index is 12.6. The SMILES string of the molecule is N#Cc1cnc(S(N)(=O)=O)c(C(F)F)c1Br. The molecular formula is C7H4BrF2N3O2S. The van der Waals surface area contributed by atoms with Crippen molar-refractivity contribution in [2.24, 2.45) is 5.14 Å². The maximum Gasteiger partial charge on any atom is 0.267 e. The summed E-state index contributed by atoms with van der Waals surface area (Å²) in [6.07, 6.45) is -2.25. The normalized spacial score (nSPS) is 11.5. The van der Waals surface area contributed by atoms with Gasteiger partial charge in [-0.2, -0.15) is 5.26 Å². The van der Waals surface area contributed by atoms with Crippen molar-refractivity contribution in [1.82, 2.24) is 4.98 Å². The van der Waals surface area contributed by atoms with Crippen molar-refractivity contribution < 1.29 is 17.2 Å². The van der Waals surface area contributed by atoms with Gasteiger partial charge < -0.3 is 0 Å². The van der Waals surface area contributed by atoms with Crippen molar-refractivity contribution in [2.45, 2.75) is 11.5 Å². The van der Waals surface area contributed by atoms with E-state index in [1.165, 1.54) is 0 Å². The second-order valence-electron chi connectivity index (χ2n) is 2.66. The molecular weight excluding hydrogens is 308 g/mol. The fourth-order valence-corrected chi connectivity index (χ4v) is 2.36. The number of nitrogens with zero attached hydrogens (tertiary/aromatic N) is 2. The fraction of sp³-hybridized carbons (Fsp3) is 0.143. The van der Waals surface area contributed by atoms with E-state index in [0.29, 0.717) is 0 Å². The van der Waals surface area contributed by atoms with Gasteiger partial charge in [-0.05, 0) is 15.9 Å². The zero-order chi connectivity index (χ0) is 12.5. The Morgan fingerprint density at radius 2 is 2.12 bits per heavy atom. The quantitative estimate of drug-likeness (QED) is 0.890. The van der Waals surface area contributed by atoms with Crippen LogP contribution < -0.4 is 5.14 Å². The average Bonchev–Trinajstić information content (AvgIpc) is 2.15. The average molecular weight is 312 g/mol. The Hall–Kier alpha value is -1.11. The lowest BCUT2D eigenvalue weighted by Gasteiger charge is -2.08. The van der Waals surface area contributed by atoms with Gasteiger partial charge in [-0.25, -0.2) is 27.3 Å². The van der Waals surface area contributed by atoms with E-state index in [9.17, 15) is 17.2 Å². The molecule has 2 N–H and O–H groups in total. The molecule has 1 rings (SSSR count). The molecule has 1 heterocycles. The lowest BCUT2D eigenvalue weighted by Crippen LogP contribution is -2.17. The highest BCUT2D eigenvalue weighted by Crippen LogP contribution is 2.33. The Bertz CT molecular complexity index is 568. The van der Waals surface area contributed by atoms with Gasteiger partial charge in [0.2, 0.25) is 0 Å². The number of primary sulfonamides is 1. The van der Waals surface area contributed by atoms with Crippen LogP contribution in [0.2, 0.25) is 0 Å². The summed E-state index contributed by atoms with van der Waals surface area (Å²) in [5.74, 6) is 0. The summed E-state index contributed by atoms with van der Waals surface area (Å²) in [6, 6.07) is 1.59. The van der Waals surface area contributed by atoms with E-state index in [4.69, 9.17) is 10.4 Å². The summed E-state index contributed by atoms with van der Waals surface area (Å²) in [5, 5.41) is 12.4. The lowest BCUT2D eigenvalue weighted by molar-refractivity contribution is 0.146. The molecule has 86 valence electrons. The zero-order valence-electron chi connectivity index (χ0n) is 7.49. The van der Waals surface area contributed by atoms with Gasteiger partial charge in [0.15, 0.2) is 5.03 Å². The molecule has 0 saturated carbocycles. The van der Waals surface area contributed by atoms with Gasteiger partial charge in [0.1, 0.15) is 6.07 Å². The third-order valence-electron chi connectivity index (χ3n) is 1.62. The van der Waals surface area contributed by atoms with E-state index in [-0.39, 0.29) is 10.0 Å². The molecule has 0 aliphatic rings. The van der Waals surface area contributed by atoms with Crippen LogP contribution in [0, 0.1) is 11.3 Å². The van der Waals surface area contributed by atoms with Gasteiger partial charge in [0.25, 0.3) is 16.4 Å². The minimum absolute atomic E-state index is 0.192. The topological polar surface area (TPSA) is 96.8 Å². The van der Waals surface area contributed by atoms with Crippen molar-refractivity contribution in [3.05, 3.63) is 21.8 Å². The summed E-state index contributed by atoms with van der Waals surface area (Å²) in [7, 11) is -4.36. The first-order chi connectivity index (χ1) is 7.29. The highest BCUT2D eigenvalue weighted by Gasteiger charge is 2.26. The van der Waals surface area contributed by atoms with E-state index >= 15 is 0 Å². The standard InChI is InChI=1S/C7H4BrF2N3O2S/c8-5-3(1-11)2-13-7(16(12,14)15)4(5)6(9)10/h2,6H,(H2,12,14,15). The Balaban J connectivity index is 3.69. The van der Waals surface area contributed by atoms with E-state index < -0.39 is 27.0 Å². The van der Waals surface area contributed by atoms with Gasteiger partial charge >= 0.3 is 0 Å². The highest BCUT2D eigenvalue weighted by atomic mass is 79.9. The molecule has 0 unspecified atom stereocenters. The molecule has 1 aromatic rings. The molecule has 0 atom stereocenters. The zero-order valence-corrected chi connectivity index (χ0v) is 9.89. The van der Waals surface area contributed by atoms with Crippen LogP contribution >= 0.6 is 15.9 Å². The van der Waals surface area contributed by atoms with E-state index in [0.717, 1.165) is 6.20 Å². The van der Waals surface area contributed by atoms with Crippen LogP contribution in [0.1, 0.15) is 17.6 Å². The summed E-state index contributed by atoms with van der Waals surface area (Å²) in [5.41, 5.74) is -1.09. The van der Waals surface area contributed by atoms with Crippen LogP contribution in [-0.2, 0) is 10.0 Å². The molecule has 9 heteroatoms. The number of alkyl halides is 2. The van der Waals surface area contributed by atoms with Gasteiger partial charge in [0.05, 0.1) is 11.1 Å². The van der Waals surface area contributed by atoms with Crippen molar-refractivity contribution in [1.29, 1.82) is 5.26 Å². The highest BCUT2D eigenvalue weighted by molar-refractivity contribution is 9.10. The van der Waals surface area contributed by atoms with E-state index in [1.54, 1.807) is 6.07 Å². The number of halogens is 3. The molecule has 0 aromatic carbocycles. The van der Waals surface area contributed by atoms with Crippen LogP contribution in [0.15, 0.2) is 15.7 Å². The molecule has 0 saturated heterocycles. The summed E-state index contributed by atoms with van der Waals surface area (Å²) in [6.45, 7) is 0. The predicted octanol–water partition coefficient (Wildman–Crippen LogP) is 1.30. The van der Waals surface area contributed by atoms with Crippen LogP contribution in [0.5, 0.6) is 0 Å². The van der Waals surface area contributed by atoms with Crippen molar-refractivity contribution in [2.75, 3.05) is 0 Å². The monoisotopic (exact) mass is 311 g/mol. The number of sulfonamides is 1. The predicted molar refractivity (Wildman–Crippen MR) is 53.0 cm³/mol. The Kier molecular flexibility index (Phi) is 3.57. The molecule has 0 aliphatic carbocycles. The number of pyridine rings is 1. The second-order valence-corrected chi connectivity index (χ2v) is 4.93. The van der Waals surface area contributed by atoms with Gasteiger partial charge in [-0.3, -0.25) is 0 Å². The van der Waals surface area contributed by atoms with Crippen molar-refractivity contribution in [3.8, 4) is 6.07 Å². The number of aromatic nitrogens is 1. The fourth-order valence-electron chi connectivity index (χ4n) is 0.982. The summed E-state index contributed by atoms with van der Waals surface area (Å²) >= 11 is 2.72. The molecule has 0 fully saturated rings. The number of rotatable bonds is 2. The minimum Gasteiger partial charge on any atom is -0.242 e. The van der Waals surface area contributed by atoms with Gasteiger partial charge in [-0.1, -0.05) is 0 Å². The number of nitriles is 1. The number of nitrogens with two attached hydrogens (primary N) is 1. The van der Waals surface area contributed by atoms with E-state index in [2.05, 4.69) is 20.9 Å². The van der Waals surface area contributed by atoms with Gasteiger partial charge in [-0.15, -0.1) is 0 Å². The third kappa shape index (κ3) is 2.34. The van der Waals surface area contributed by atoms with Gasteiger partial charge in [0, 0.05) is 10.7 Å². The minimum atomic E-state index is -4.36. The molecule has 0 aliphatic heterocycles. The van der Waals surface area contributed by atoms with Crippen LogP contribution in [-0.4, -0.2) is 13.4 Å². The van der Waals surface area contributed by atoms with Crippen molar-refractivity contribution >= 4 is 26.0 Å². The van der Waals surface area contributed by atoms with Crippen LogP contribution in [0.3, 0.4) is 0 Å². The molecule has 0 bridgehead atoms. The Labute approximate surface area is 98.1 Å². The van der Waals surface area contributed by atoms with Crippen molar-refractivity contribution in [3.63, 3.8) is 0 Å². The Morgan fingerprint density at radius 3 is 2.50 bits per heavy atom. The third-order valence-corrected chi connectivity index (χ3v) is 3.34. The number of hydrogen-bond donors (Lipinski definition) is 1. The lowest BCUT2D eigenvalue weighted by atomic mass is 10.2. The number of hydrogen-bond acceptors (Lipinski definition) is 4. The summed E-state index contributed by atoms with van der Waals surface area (Å²) < 4.78 is 46.9. The first kappa shape index (κ1) is 13.0. The molecule has 1 aromatic heterocycles. The van der Waals surface area contributed by atoms with Crippen LogP contribution in [0.25, 0.3) is 0 Å². The van der Waals surface area contributed by atoms with E-state index in [1.807, 2.05) is 0 Å². The van der Waals surface area contributed by atoms with Crippen LogP contribution in [0.4, 0.5) is 8.78 Å². The molecule has 0 spiro atoms. The molecule has 0 radical (unpaired) electrons. The smallest absolute Gasteiger partial charge is 0.242 e. The second kappa shape index (κ2) is 4.40. The largest absolute Gasteiger partial charge is 0.267 e. The summed E-state index contributed by atoms with van der Waals surface area (Å²) in [4.78, 5) is 3.26. The molecule has 0 amide bonds. The Morgan fingerprint density at radius 1 is 1.56 bits per heavy atom. The maximum atomic E-state index is 12.6.